The molecule has 0 bridgehead atoms. The molecule has 1 aromatic heterocycles. The Hall–Kier alpha value is -3.41. The molecule has 6 nitrogen and oxygen atoms in total. The van der Waals surface area contributed by atoms with E-state index >= 15 is 0 Å². The molecule has 0 saturated carbocycles. The highest BCUT2D eigenvalue weighted by molar-refractivity contribution is 6.03. The molecule has 0 spiro atoms. The van der Waals surface area contributed by atoms with Gasteiger partial charge in [0.25, 0.3) is 5.91 Å². The Morgan fingerprint density at radius 2 is 1.72 bits per heavy atom. The van der Waals surface area contributed by atoms with E-state index in [0.717, 1.165) is 24.3 Å². The molecule has 1 aliphatic heterocycles. The fourth-order valence-electron chi connectivity index (χ4n) is 3.49. The highest BCUT2D eigenvalue weighted by atomic mass is 16.1. The maximum Gasteiger partial charge on any atom is 0.274 e. The first-order valence-electron chi connectivity index (χ1n) is 9.97. The van der Waals surface area contributed by atoms with Crippen molar-refractivity contribution in [3.05, 3.63) is 77.7 Å². The second-order valence-corrected chi connectivity index (χ2v) is 7.22. The normalized spacial score (nSPS) is 13.3. The predicted molar refractivity (Wildman–Crippen MR) is 116 cm³/mol. The summed E-state index contributed by atoms with van der Waals surface area (Å²) in [5, 5.41) is 6.19. The standard InChI is InChI=1S/C23H25N5O/c1-17-25-21(15-22(26-17)24-16-18-7-3-2-4-8-18)23(29)27-19-9-11-20(12-10-19)28-13-5-6-14-28/h2-4,7-12,15H,5-6,13-14,16H2,1H3,(H,27,29)(H,24,25,26). The number of nitrogens with zero attached hydrogens (tertiary/aromatic N) is 3. The third kappa shape index (κ3) is 4.90. The lowest BCUT2D eigenvalue weighted by Gasteiger charge is -2.17. The van der Waals surface area contributed by atoms with Gasteiger partial charge in [0.15, 0.2) is 0 Å². The summed E-state index contributed by atoms with van der Waals surface area (Å²) in [4.78, 5) is 23.7. The highest BCUT2D eigenvalue weighted by Gasteiger charge is 2.14. The monoisotopic (exact) mass is 387 g/mol. The molecule has 0 unspecified atom stereocenters. The molecule has 2 N–H and O–H groups in total. The van der Waals surface area contributed by atoms with Gasteiger partial charge in [-0.3, -0.25) is 4.79 Å². The van der Waals surface area contributed by atoms with Crippen LogP contribution >= 0.6 is 0 Å². The molecule has 1 amide bonds. The van der Waals surface area contributed by atoms with Gasteiger partial charge in [-0.25, -0.2) is 9.97 Å². The average Bonchev–Trinajstić information content (AvgIpc) is 3.28. The molecule has 2 heterocycles. The van der Waals surface area contributed by atoms with E-state index in [1.54, 1.807) is 13.0 Å². The zero-order valence-corrected chi connectivity index (χ0v) is 16.6. The van der Waals surface area contributed by atoms with E-state index < -0.39 is 0 Å². The van der Waals surface area contributed by atoms with E-state index in [2.05, 4.69) is 37.6 Å². The number of carbonyl (C=O) groups is 1. The second-order valence-electron chi connectivity index (χ2n) is 7.22. The van der Waals surface area contributed by atoms with E-state index in [-0.39, 0.29) is 5.91 Å². The summed E-state index contributed by atoms with van der Waals surface area (Å²) >= 11 is 0. The van der Waals surface area contributed by atoms with Gasteiger partial charge < -0.3 is 15.5 Å². The molecular weight excluding hydrogens is 362 g/mol. The first-order chi connectivity index (χ1) is 14.2. The van der Waals surface area contributed by atoms with Gasteiger partial charge >= 0.3 is 0 Å². The topological polar surface area (TPSA) is 70.2 Å². The van der Waals surface area contributed by atoms with Crippen LogP contribution in [0.15, 0.2) is 60.7 Å². The van der Waals surface area contributed by atoms with E-state index in [1.165, 1.54) is 18.5 Å². The molecule has 29 heavy (non-hydrogen) atoms. The first kappa shape index (κ1) is 18.9. The van der Waals surface area contributed by atoms with Crippen LogP contribution < -0.4 is 15.5 Å². The van der Waals surface area contributed by atoms with Crippen molar-refractivity contribution in [3.63, 3.8) is 0 Å². The number of amides is 1. The highest BCUT2D eigenvalue weighted by Crippen LogP contribution is 2.22. The minimum atomic E-state index is -0.243. The fraction of sp³-hybridized carbons (Fsp3) is 0.261. The molecule has 3 aromatic rings. The quantitative estimate of drug-likeness (QED) is 0.662. The molecular formula is C23H25N5O. The average molecular weight is 387 g/mol. The third-order valence-electron chi connectivity index (χ3n) is 4.98. The molecule has 2 aromatic carbocycles. The van der Waals surface area contributed by atoms with Crippen LogP contribution in [0.2, 0.25) is 0 Å². The Kier molecular flexibility index (Phi) is 5.70. The van der Waals surface area contributed by atoms with Crippen LogP contribution in [0.25, 0.3) is 0 Å². The van der Waals surface area contributed by atoms with Gasteiger partial charge in [-0.15, -0.1) is 0 Å². The Balaban J connectivity index is 1.42. The number of nitrogens with one attached hydrogen (secondary N) is 2. The van der Waals surface area contributed by atoms with Crippen LogP contribution in [-0.2, 0) is 6.54 Å². The van der Waals surface area contributed by atoms with Crippen LogP contribution in [0.1, 0.15) is 34.7 Å². The summed E-state index contributed by atoms with van der Waals surface area (Å²) in [6.07, 6.45) is 2.48. The van der Waals surface area contributed by atoms with Gasteiger partial charge in [-0.1, -0.05) is 30.3 Å². The molecule has 1 aliphatic rings. The molecule has 148 valence electrons. The SMILES string of the molecule is Cc1nc(NCc2ccccc2)cc(C(=O)Nc2ccc(N3CCCC3)cc2)n1. The number of aromatic nitrogens is 2. The molecule has 0 aliphatic carbocycles. The smallest absolute Gasteiger partial charge is 0.274 e. The second kappa shape index (κ2) is 8.73. The maximum atomic E-state index is 12.7. The number of rotatable bonds is 6. The number of carbonyl (C=O) groups excluding carboxylic acids is 1. The Morgan fingerprint density at radius 3 is 2.45 bits per heavy atom. The maximum absolute atomic E-state index is 12.7. The van der Waals surface area contributed by atoms with Gasteiger partial charge in [0.05, 0.1) is 0 Å². The van der Waals surface area contributed by atoms with Gasteiger partial charge in [-0.05, 0) is 49.6 Å². The van der Waals surface area contributed by atoms with Crippen molar-refractivity contribution in [2.45, 2.75) is 26.3 Å². The van der Waals surface area contributed by atoms with Crippen LogP contribution in [0.4, 0.5) is 17.2 Å². The first-order valence-corrected chi connectivity index (χ1v) is 9.97. The van der Waals surface area contributed by atoms with E-state index in [4.69, 9.17) is 0 Å². The Labute approximate surface area is 171 Å². The van der Waals surface area contributed by atoms with E-state index in [9.17, 15) is 4.79 Å². The van der Waals surface area contributed by atoms with Crippen molar-refractivity contribution in [3.8, 4) is 0 Å². The fourth-order valence-corrected chi connectivity index (χ4v) is 3.49. The van der Waals surface area contributed by atoms with Gasteiger partial charge in [0, 0.05) is 37.1 Å². The zero-order valence-electron chi connectivity index (χ0n) is 16.6. The van der Waals surface area contributed by atoms with Crippen LogP contribution in [-0.4, -0.2) is 29.0 Å². The van der Waals surface area contributed by atoms with Crippen molar-refractivity contribution in [2.75, 3.05) is 28.6 Å². The summed E-state index contributed by atoms with van der Waals surface area (Å²) in [5.41, 5.74) is 3.45. The number of aryl methyl sites for hydroxylation is 1. The zero-order chi connectivity index (χ0) is 20.1. The summed E-state index contributed by atoms with van der Waals surface area (Å²) in [6, 6.07) is 19.7. The predicted octanol–water partition coefficient (Wildman–Crippen LogP) is 4.25. The van der Waals surface area contributed by atoms with Crippen molar-refractivity contribution in [2.24, 2.45) is 0 Å². The van der Waals surface area contributed by atoms with Crippen LogP contribution in [0, 0.1) is 6.92 Å². The molecule has 1 fully saturated rings. The molecule has 1 saturated heterocycles. The molecule has 6 heteroatoms. The van der Waals surface area contributed by atoms with E-state index in [1.807, 2.05) is 42.5 Å². The summed E-state index contributed by atoms with van der Waals surface area (Å²) in [7, 11) is 0. The number of hydrogen-bond acceptors (Lipinski definition) is 5. The third-order valence-corrected chi connectivity index (χ3v) is 4.98. The Morgan fingerprint density at radius 1 is 1.00 bits per heavy atom. The lowest BCUT2D eigenvalue weighted by Crippen LogP contribution is -2.18. The minimum absolute atomic E-state index is 0.243. The van der Waals surface area contributed by atoms with Gasteiger partial charge in [-0.2, -0.15) is 0 Å². The summed E-state index contributed by atoms with van der Waals surface area (Å²) < 4.78 is 0. The number of anilines is 3. The molecule has 0 atom stereocenters. The lowest BCUT2D eigenvalue weighted by atomic mass is 10.2. The summed E-state index contributed by atoms with van der Waals surface area (Å²) in [6.45, 7) is 4.63. The minimum Gasteiger partial charge on any atom is -0.372 e. The van der Waals surface area contributed by atoms with E-state index in [0.29, 0.717) is 23.9 Å². The van der Waals surface area contributed by atoms with Crippen molar-refractivity contribution >= 4 is 23.1 Å². The summed E-state index contributed by atoms with van der Waals surface area (Å²) in [5.74, 6) is 0.945. The van der Waals surface area contributed by atoms with Crippen molar-refractivity contribution in [1.82, 2.24) is 9.97 Å². The largest absolute Gasteiger partial charge is 0.372 e. The van der Waals surface area contributed by atoms with Gasteiger partial charge in [0.1, 0.15) is 17.3 Å². The molecule has 0 radical (unpaired) electrons. The number of benzene rings is 2. The van der Waals surface area contributed by atoms with Gasteiger partial charge in [0.2, 0.25) is 0 Å². The van der Waals surface area contributed by atoms with Crippen LogP contribution in [0.5, 0.6) is 0 Å². The lowest BCUT2D eigenvalue weighted by molar-refractivity contribution is 0.102. The van der Waals surface area contributed by atoms with Crippen LogP contribution in [0.3, 0.4) is 0 Å². The molecule has 4 rings (SSSR count). The Bertz CT molecular complexity index is 966. The van der Waals surface area contributed by atoms with Crippen molar-refractivity contribution < 1.29 is 4.79 Å². The number of hydrogen-bond donors (Lipinski definition) is 2. The van der Waals surface area contributed by atoms with Crippen molar-refractivity contribution in [1.29, 1.82) is 0 Å².